The average molecular weight is 336 g/mol. The van der Waals surface area contributed by atoms with Crippen molar-refractivity contribution in [1.29, 1.82) is 0 Å². The molecule has 0 fully saturated rings. The molecule has 0 rings (SSSR count). The maximum absolute atomic E-state index is 7.94. The van der Waals surface area contributed by atoms with Gasteiger partial charge in [0.2, 0.25) is 0 Å². The molecule has 0 unspecified atom stereocenters. The molecular formula is C3H11BiO2Ti. The molecule has 0 aromatic heterocycles. The summed E-state index contributed by atoms with van der Waals surface area (Å²) in [7, 11) is 1.55. The van der Waals surface area contributed by atoms with Gasteiger partial charge in [-0.1, -0.05) is 0 Å². The molecule has 0 aromatic rings. The molecule has 2 nitrogen and oxygen atoms in total. The summed E-state index contributed by atoms with van der Waals surface area (Å²) in [4.78, 5) is 0. The van der Waals surface area contributed by atoms with Crippen LogP contribution in [0.4, 0.5) is 0 Å². The topological polar surface area (TPSA) is 29.5 Å². The fourth-order valence-corrected chi connectivity index (χ4v) is 0.0913. The van der Waals surface area contributed by atoms with E-state index in [-0.39, 0.29) is 54.5 Å². The van der Waals surface area contributed by atoms with Gasteiger partial charge in [0, 0.05) is 28.8 Å². The van der Waals surface area contributed by atoms with E-state index in [9.17, 15) is 0 Å². The van der Waals surface area contributed by atoms with Gasteiger partial charge in [-0.15, -0.1) is 0 Å². The van der Waals surface area contributed by atoms with Gasteiger partial charge in [0.25, 0.3) is 0 Å². The normalized spacial score (nSPS) is 6.00. The van der Waals surface area contributed by atoms with Crippen LogP contribution in [-0.4, -0.2) is 51.6 Å². The molecular weight excluding hydrogens is 325 g/mol. The summed E-state index contributed by atoms with van der Waals surface area (Å²) in [5, 5.41) is 7.94. The van der Waals surface area contributed by atoms with E-state index in [0.29, 0.717) is 6.61 Å². The van der Waals surface area contributed by atoms with E-state index in [1.807, 2.05) is 0 Å². The van der Waals surface area contributed by atoms with Gasteiger partial charge in [0.15, 0.2) is 0 Å². The molecule has 0 aromatic carbocycles. The maximum atomic E-state index is 7.94. The Morgan fingerprint density at radius 2 is 2.00 bits per heavy atom. The minimum absolute atomic E-state index is 0. The zero-order valence-corrected chi connectivity index (χ0v) is 11.5. The Kier molecular flexibility index (Phi) is 35.3. The molecule has 0 saturated carbocycles. The number of methoxy groups -OCH3 is 1. The minimum Gasteiger partial charge on any atom is 0 e. The van der Waals surface area contributed by atoms with Gasteiger partial charge in [-0.05, 0) is 0 Å². The number of hydrogen-bond donors (Lipinski definition) is 1. The zero-order valence-electron chi connectivity index (χ0n) is 4.48. The van der Waals surface area contributed by atoms with Crippen LogP contribution < -0.4 is 0 Å². The third-order valence-corrected chi connectivity index (χ3v) is 0.295. The second-order valence-electron chi connectivity index (χ2n) is 0.716. The summed E-state index contributed by atoms with van der Waals surface area (Å²) < 4.78 is 4.44. The number of aliphatic hydroxyl groups excluding tert-OH is 1. The van der Waals surface area contributed by atoms with E-state index >= 15 is 0 Å². The summed E-state index contributed by atoms with van der Waals surface area (Å²) in [6.07, 6.45) is 0. The standard InChI is InChI=1S/C3H8O2.Bi.Ti.3H/c1-5-3-2-4;;;;;/h4H,2-3H2,1H3;;;;;. The molecule has 0 spiro atoms. The number of rotatable bonds is 2. The van der Waals surface area contributed by atoms with Gasteiger partial charge in [-0.25, -0.2) is 0 Å². The van der Waals surface area contributed by atoms with Crippen LogP contribution in [0.2, 0.25) is 0 Å². The summed E-state index contributed by atoms with van der Waals surface area (Å²) in [5.74, 6) is 0. The van der Waals surface area contributed by atoms with Gasteiger partial charge in [-0.3, -0.25) is 0 Å². The van der Waals surface area contributed by atoms with Crippen molar-refractivity contribution in [2.24, 2.45) is 0 Å². The zero-order chi connectivity index (χ0) is 4.12. The van der Waals surface area contributed by atoms with Crippen LogP contribution in [0.3, 0.4) is 0 Å². The number of ether oxygens (including phenoxy) is 1. The van der Waals surface area contributed by atoms with Crippen LogP contribution in [0.25, 0.3) is 0 Å². The van der Waals surface area contributed by atoms with E-state index in [2.05, 4.69) is 4.74 Å². The Balaban J connectivity index is -0.0000000800. The molecule has 7 heavy (non-hydrogen) atoms. The van der Waals surface area contributed by atoms with E-state index in [4.69, 9.17) is 5.11 Å². The van der Waals surface area contributed by atoms with Crippen LogP contribution in [0, 0.1) is 0 Å². The van der Waals surface area contributed by atoms with Gasteiger partial charge in [0.05, 0.1) is 13.2 Å². The fourth-order valence-electron chi connectivity index (χ4n) is 0.0913. The van der Waals surface area contributed by atoms with Gasteiger partial charge < -0.3 is 9.84 Å². The summed E-state index contributed by atoms with van der Waals surface area (Å²) in [5.41, 5.74) is 0. The SMILES string of the molecule is COCCO.[BiH3].[Ti]. The summed E-state index contributed by atoms with van der Waals surface area (Å²) >= 11 is 0. The Morgan fingerprint density at radius 3 is 2.00 bits per heavy atom. The largest absolute Gasteiger partial charge is 0 e. The quantitative estimate of drug-likeness (QED) is 0.619. The Labute approximate surface area is 77.6 Å². The van der Waals surface area contributed by atoms with E-state index < -0.39 is 0 Å². The monoisotopic (exact) mass is 336 g/mol. The number of hydrogen-bond acceptors (Lipinski definition) is 2. The summed E-state index contributed by atoms with van der Waals surface area (Å²) in [6, 6.07) is 0. The molecule has 0 bridgehead atoms. The minimum atomic E-state index is 0. The van der Waals surface area contributed by atoms with Crippen molar-refractivity contribution in [2.75, 3.05) is 20.3 Å². The van der Waals surface area contributed by atoms with Crippen LogP contribution in [0.5, 0.6) is 0 Å². The van der Waals surface area contributed by atoms with Crippen LogP contribution >= 0.6 is 0 Å². The second kappa shape index (κ2) is 15.6. The molecule has 44 valence electrons. The van der Waals surface area contributed by atoms with E-state index in [1.165, 1.54) is 0 Å². The van der Waals surface area contributed by atoms with Crippen LogP contribution in [0.1, 0.15) is 0 Å². The van der Waals surface area contributed by atoms with E-state index in [0.717, 1.165) is 0 Å². The predicted molar refractivity (Wildman–Crippen MR) is 28.9 cm³/mol. The van der Waals surface area contributed by atoms with Crippen molar-refractivity contribution >= 4 is 26.2 Å². The third-order valence-electron chi connectivity index (χ3n) is 0.295. The van der Waals surface area contributed by atoms with Crippen molar-refractivity contribution in [3.8, 4) is 0 Å². The first-order chi connectivity index (χ1) is 2.41. The molecule has 0 amide bonds. The van der Waals surface area contributed by atoms with Crippen molar-refractivity contribution in [2.45, 2.75) is 0 Å². The van der Waals surface area contributed by atoms with Crippen LogP contribution in [-0.2, 0) is 26.5 Å². The van der Waals surface area contributed by atoms with Gasteiger partial charge >= 0.3 is 26.2 Å². The molecule has 0 atom stereocenters. The molecule has 0 aliphatic carbocycles. The van der Waals surface area contributed by atoms with Gasteiger partial charge in [0.1, 0.15) is 0 Å². The first-order valence-corrected chi connectivity index (χ1v) is 1.51. The predicted octanol–water partition coefficient (Wildman–Crippen LogP) is -1.56. The van der Waals surface area contributed by atoms with Crippen molar-refractivity contribution in [3.63, 3.8) is 0 Å². The van der Waals surface area contributed by atoms with E-state index in [1.54, 1.807) is 7.11 Å². The maximum Gasteiger partial charge on any atom is 0 e. The van der Waals surface area contributed by atoms with Gasteiger partial charge in [-0.2, -0.15) is 0 Å². The first-order valence-electron chi connectivity index (χ1n) is 1.51. The Hall–Kier alpha value is 1.52. The molecule has 1 N–H and O–H groups in total. The Morgan fingerprint density at radius 1 is 1.57 bits per heavy atom. The molecule has 0 heterocycles. The Bertz CT molecular complexity index is 20.4. The smallest absolute Gasteiger partial charge is 0 e. The second-order valence-corrected chi connectivity index (χ2v) is 0.716. The molecule has 0 aliphatic heterocycles. The molecule has 4 heteroatoms. The summed E-state index contributed by atoms with van der Waals surface area (Å²) in [6.45, 7) is 0.566. The van der Waals surface area contributed by atoms with Crippen molar-refractivity contribution in [1.82, 2.24) is 0 Å². The first kappa shape index (κ1) is 15.8. The van der Waals surface area contributed by atoms with Crippen molar-refractivity contribution < 1.29 is 31.6 Å². The fraction of sp³-hybridized carbons (Fsp3) is 1.00. The molecule has 0 saturated heterocycles. The molecule has 0 radical (unpaired) electrons. The molecule has 0 aliphatic rings. The number of aliphatic hydroxyl groups is 1. The van der Waals surface area contributed by atoms with Crippen LogP contribution in [0.15, 0.2) is 0 Å². The third kappa shape index (κ3) is 18.5. The average Bonchev–Trinajstić information content (AvgIpc) is 1.41. The van der Waals surface area contributed by atoms with Crippen molar-refractivity contribution in [3.05, 3.63) is 0 Å².